The van der Waals surface area contributed by atoms with E-state index < -0.39 is 5.54 Å². The zero-order valence-electron chi connectivity index (χ0n) is 9.84. The van der Waals surface area contributed by atoms with Crippen LogP contribution in [0.1, 0.15) is 33.6 Å². The molecule has 1 aliphatic carbocycles. The van der Waals surface area contributed by atoms with Crippen molar-refractivity contribution in [3.05, 3.63) is 0 Å². The second-order valence-corrected chi connectivity index (χ2v) is 5.08. The molecule has 0 aliphatic heterocycles. The molecule has 4 nitrogen and oxygen atoms in total. The summed E-state index contributed by atoms with van der Waals surface area (Å²) in [6.45, 7) is 6.67. The zero-order chi connectivity index (χ0) is 11.5. The van der Waals surface area contributed by atoms with Gasteiger partial charge in [0.05, 0.1) is 12.1 Å². The first-order chi connectivity index (χ1) is 6.98. The van der Waals surface area contributed by atoms with Crippen LogP contribution in [0, 0.1) is 11.8 Å². The van der Waals surface area contributed by atoms with Gasteiger partial charge in [-0.05, 0) is 31.6 Å². The molecule has 0 aromatic heterocycles. The minimum atomic E-state index is -0.443. The van der Waals surface area contributed by atoms with Crippen molar-refractivity contribution in [1.29, 1.82) is 0 Å². The minimum absolute atomic E-state index is 0.00671. The molecule has 2 amide bonds. The number of hydrogen-bond acceptors (Lipinski definition) is 2. The third-order valence-electron chi connectivity index (χ3n) is 2.88. The summed E-state index contributed by atoms with van der Waals surface area (Å²) in [6.07, 6.45) is 2.20. The Kier molecular flexibility index (Phi) is 3.97. The Hall–Kier alpha value is -0.770. The molecule has 0 bridgehead atoms. The Balaban J connectivity index is 2.34. The number of nitrogens with one attached hydrogen (secondary N) is 2. The molecular weight excluding hydrogens is 192 g/mol. The Bertz CT molecular complexity index is 227. The Labute approximate surface area is 91.4 Å². The van der Waals surface area contributed by atoms with E-state index >= 15 is 0 Å². The molecule has 0 radical (unpaired) electrons. The largest absolute Gasteiger partial charge is 0.394 e. The summed E-state index contributed by atoms with van der Waals surface area (Å²) in [6, 6.07) is -0.174. The molecule has 1 unspecified atom stereocenters. The summed E-state index contributed by atoms with van der Waals surface area (Å²) in [5.41, 5.74) is -0.443. The van der Waals surface area contributed by atoms with Crippen molar-refractivity contribution in [3.8, 4) is 0 Å². The summed E-state index contributed by atoms with van der Waals surface area (Å²) >= 11 is 0. The standard InChI is InChI=1S/C11H22N2O2/c1-8(2)6-12-10(15)13-11(3,7-14)9-4-5-9/h8-9,14H,4-7H2,1-3H3,(H2,12,13,15). The number of urea groups is 1. The van der Waals surface area contributed by atoms with E-state index in [-0.39, 0.29) is 12.6 Å². The van der Waals surface area contributed by atoms with E-state index in [0.717, 1.165) is 12.8 Å². The van der Waals surface area contributed by atoms with E-state index in [1.54, 1.807) is 0 Å². The summed E-state index contributed by atoms with van der Waals surface area (Å²) in [7, 11) is 0. The molecule has 0 aromatic carbocycles. The molecule has 0 spiro atoms. The topological polar surface area (TPSA) is 61.4 Å². The van der Waals surface area contributed by atoms with Gasteiger partial charge >= 0.3 is 6.03 Å². The van der Waals surface area contributed by atoms with E-state index in [9.17, 15) is 9.90 Å². The lowest BCUT2D eigenvalue weighted by molar-refractivity contribution is 0.155. The van der Waals surface area contributed by atoms with Crippen molar-refractivity contribution in [2.24, 2.45) is 11.8 Å². The van der Waals surface area contributed by atoms with Crippen molar-refractivity contribution < 1.29 is 9.90 Å². The predicted octanol–water partition coefficient (Wildman–Crippen LogP) is 1.10. The molecule has 1 atom stereocenters. The van der Waals surface area contributed by atoms with Crippen LogP contribution in [0.3, 0.4) is 0 Å². The number of aliphatic hydroxyl groups excluding tert-OH is 1. The highest BCUT2D eigenvalue weighted by Crippen LogP contribution is 2.39. The maximum atomic E-state index is 11.5. The van der Waals surface area contributed by atoms with Crippen LogP contribution in [-0.2, 0) is 0 Å². The van der Waals surface area contributed by atoms with Crippen LogP contribution in [0.4, 0.5) is 4.79 Å². The van der Waals surface area contributed by atoms with Gasteiger partial charge in [0.15, 0.2) is 0 Å². The highest BCUT2D eigenvalue weighted by atomic mass is 16.3. The lowest BCUT2D eigenvalue weighted by atomic mass is 9.97. The van der Waals surface area contributed by atoms with Crippen molar-refractivity contribution in [2.75, 3.05) is 13.2 Å². The third kappa shape index (κ3) is 3.70. The second kappa shape index (κ2) is 4.84. The number of hydrogen-bond donors (Lipinski definition) is 3. The fraction of sp³-hybridized carbons (Fsp3) is 0.909. The van der Waals surface area contributed by atoms with Gasteiger partial charge in [-0.25, -0.2) is 4.79 Å². The smallest absolute Gasteiger partial charge is 0.315 e. The van der Waals surface area contributed by atoms with Crippen molar-refractivity contribution in [3.63, 3.8) is 0 Å². The first-order valence-corrected chi connectivity index (χ1v) is 5.65. The molecule has 1 rings (SSSR count). The summed E-state index contributed by atoms with van der Waals surface area (Å²) in [5.74, 6) is 0.879. The van der Waals surface area contributed by atoms with E-state index in [0.29, 0.717) is 18.4 Å². The molecule has 3 N–H and O–H groups in total. The number of carbonyl (C=O) groups excluding carboxylic acids is 1. The molecule has 0 heterocycles. The van der Waals surface area contributed by atoms with Gasteiger partial charge in [-0.1, -0.05) is 13.8 Å². The van der Waals surface area contributed by atoms with Crippen LogP contribution in [-0.4, -0.2) is 29.8 Å². The van der Waals surface area contributed by atoms with Gasteiger partial charge in [-0.2, -0.15) is 0 Å². The van der Waals surface area contributed by atoms with Gasteiger partial charge in [0.25, 0.3) is 0 Å². The Morgan fingerprint density at radius 3 is 2.53 bits per heavy atom. The Morgan fingerprint density at radius 2 is 2.13 bits per heavy atom. The fourth-order valence-electron chi connectivity index (χ4n) is 1.59. The number of rotatable bonds is 5. The Morgan fingerprint density at radius 1 is 1.53 bits per heavy atom. The average molecular weight is 214 g/mol. The van der Waals surface area contributed by atoms with Crippen molar-refractivity contribution >= 4 is 6.03 Å². The number of carbonyl (C=O) groups is 1. The van der Waals surface area contributed by atoms with E-state index in [1.165, 1.54) is 0 Å². The van der Waals surface area contributed by atoms with E-state index in [4.69, 9.17) is 0 Å². The third-order valence-corrected chi connectivity index (χ3v) is 2.88. The molecule has 0 saturated heterocycles. The molecule has 88 valence electrons. The number of amides is 2. The maximum Gasteiger partial charge on any atom is 0.315 e. The fourth-order valence-corrected chi connectivity index (χ4v) is 1.59. The van der Waals surface area contributed by atoms with Gasteiger partial charge < -0.3 is 15.7 Å². The average Bonchev–Trinajstić information content (AvgIpc) is 2.97. The van der Waals surface area contributed by atoms with E-state index in [2.05, 4.69) is 10.6 Å². The first kappa shape index (κ1) is 12.3. The molecule has 1 aliphatic rings. The molecular formula is C11H22N2O2. The van der Waals surface area contributed by atoms with Crippen LogP contribution in [0.2, 0.25) is 0 Å². The molecule has 1 fully saturated rings. The van der Waals surface area contributed by atoms with Gasteiger partial charge in [-0.3, -0.25) is 0 Å². The molecule has 4 heteroatoms. The number of aliphatic hydroxyl groups is 1. The highest BCUT2D eigenvalue weighted by Gasteiger charge is 2.42. The molecule has 1 saturated carbocycles. The van der Waals surface area contributed by atoms with E-state index in [1.807, 2.05) is 20.8 Å². The van der Waals surface area contributed by atoms with Gasteiger partial charge in [0.1, 0.15) is 0 Å². The van der Waals surface area contributed by atoms with Crippen LogP contribution in [0.5, 0.6) is 0 Å². The molecule has 0 aromatic rings. The van der Waals surface area contributed by atoms with Crippen LogP contribution in [0.25, 0.3) is 0 Å². The SMILES string of the molecule is CC(C)CNC(=O)NC(C)(CO)C1CC1. The maximum absolute atomic E-state index is 11.5. The van der Waals surface area contributed by atoms with Crippen LogP contribution in [0.15, 0.2) is 0 Å². The minimum Gasteiger partial charge on any atom is -0.394 e. The van der Waals surface area contributed by atoms with Crippen molar-refractivity contribution in [1.82, 2.24) is 10.6 Å². The first-order valence-electron chi connectivity index (χ1n) is 5.65. The summed E-state index contributed by atoms with van der Waals surface area (Å²) in [4.78, 5) is 11.5. The van der Waals surface area contributed by atoms with Crippen LogP contribution >= 0.6 is 0 Å². The predicted molar refractivity (Wildman–Crippen MR) is 59.6 cm³/mol. The summed E-state index contributed by atoms with van der Waals surface area (Å²) < 4.78 is 0. The highest BCUT2D eigenvalue weighted by molar-refractivity contribution is 5.74. The van der Waals surface area contributed by atoms with Gasteiger partial charge in [0.2, 0.25) is 0 Å². The molecule has 15 heavy (non-hydrogen) atoms. The van der Waals surface area contributed by atoms with Gasteiger partial charge in [0, 0.05) is 6.54 Å². The van der Waals surface area contributed by atoms with Crippen LogP contribution < -0.4 is 10.6 Å². The lowest BCUT2D eigenvalue weighted by Gasteiger charge is -2.28. The second-order valence-electron chi connectivity index (χ2n) is 5.08. The quantitative estimate of drug-likeness (QED) is 0.642. The lowest BCUT2D eigenvalue weighted by Crippen LogP contribution is -2.54. The van der Waals surface area contributed by atoms with Crippen molar-refractivity contribution in [2.45, 2.75) is 39.2 Å². The normalized spacial score (nSPS) is 19.8. The zero-order valence-corrected chi connectivity index (χ0v) is 9.84. The summed E-state index contributed by atoms with van der Waals surface area (Å²) in [5, 5.41) is 14.9. The monoisotopic (exact) mass is 214 g/mol. The van der Waals surface area contributed by atoms with Gasteiger partial charge in [-0.15, -0.1) is 0 Å².